The van der Waals surface area contributed by atoms with Crippen molar-refractivity contribution < 1.29 is 22.7 Å². The highest BCUT2D eigenvalue weighted by Crippen LogP contribution is 2.24. The van der Waals surface area contributed by atoms with E-state index in [4.69, 9.17) is 4.74 Å². The monoisotopic (exact) mass is 448 g/mol. The molecule has 168 valence electrons. The maximum absolute atomic E-state index is 12.4. The molecular weight excluding hydrogens is 420 g/mol. The van der Waals surface area contributed by atoms with E-state index in [-0.39, 0.29) is 18.3 Å². The smallest absolute Gasteiger partial charge is 0.358 e. The van der Waals surface area contributed by atoms with E-state index in [1.807, 2.05) is 0 Å². The van der Waals surface area contributed by atoms with Crippen molar-refractivity contribution in [2.24, 2.45) is 5.92 Å². The summed E-state index contributed by atoms with van der Waals surface area (Å²) in [6.07, 6.45) is 5.16. The van der Waals surface area contributed by atoms with Crippen LogP contribution in [0.3, 0.4) is 0 Å². The molecule has 1 aliphatic rings. The van der Waals surface area contributed by atoms with E-state index in [9.17, 15) is 18.0 Å². The largest absolute Gasteiger partial charge is 0.461 e. The van der Waals surface area contributed by atoms with Gasteiger partial charge < -0.3 is 10.1 Å². The summed E-state index contributed by atoms with van der Waals surface area (Å²) in [4.78, 5) is 24.1. The van der Waals surface area contributed by atoms with Crippen LogP contribution in [0, 0.1) is 5.92 Å². The van der Waals surface area contributed by atoms with Crippen LogP contribution >= 0.6 is 0 Å². The lowest BCUT2D eigenvalue weighted by Crippen LogP contribution is -2.41. The third kappa shape index (κ3) is 6.63. The number of esters is 1. The molecule has 0 spiro atoms. The van der Waals surface area contributed by atoms with Crippen molar-refractivity contribution in [3.05, 3.63) is 42.2 Å². The second-order valence-electron chi connectivity index (χ2n) is 7.80. The average molecular weight is 449 g/mol. The Balaban J connectivity index is 1.60. The summed E-state index contributed by atoms with van der Waals surface area (Å²) in [7, 11) is -3.72. The van der Waals surface area contributed by atoms with Crippen molar-refractivity contribution in [2.75, 3.05) is 17.7 Å². The molecule has 0 atom stereocenters. The second kappa shape index (κ2) is 10.1. The van der Waals surface area contributed by atoms with E-state index in [1.54, 1.807) is 37.4 Å². The predicted octanol–water partition coefficient (Wildman–Crippen LogP) is 2.49. The van der Waals surface area contributed by atoms with E-state index < -0.39 is 27.7 Å². The molecule has 1 fully saturated rings. The number of anilines is 1. The lowest BCUT2D eigenvalue weighted by Gasteiger charge is -2.26. The van der Waals surface area contributed by atoms with Crippen LogP contribution in [-0.2, 0) is 19.6 Å². The molecule has 31 heavy (non-hydrogen) atoms. The number of hydrogen-bond donors (Lipinski definition) is 2. The van der Waals surface area contributed by atoms with Gasteiger partial charge in [-0.05, 0) is 62.8 Å². The van der Waals surface area contributed by atoms with Crippen molar-refractivity contribution >= 4 is 27.6 Å². The third-order valence-corrected chi connectivity index (χ3v) is 6.49. The summed E-state index contributed by atoms with van der Waals surface area (Å²) in [5, 5.41) is 6.78. The number of nitrogens with zero attached hydrogens (tertiary/aromatic N) is 2. The van der Waals surface area contributed by atoms with Gasteiger partial charge in [0.2, 0.25) is 15.9 Å². The Kier molecular flexibility index (Phi) is 7.45. The van der Waals surface area contributed by atoms with Gasteiger partial charge >= 0.3 is 5.97 Å². The number of sulfonamides is 1. The number of carbonyl (C=O) groups excluding carboxylic acids is 2. The molecule has 2 aromatic rings. The van der Waals surface area contributed by atoms with Gasteiger partial charge in [-0.1, -0.05) is 13.0 Å². The second-order valence-corrected chi connectivity index (χ2v) is 9.55. The molecule has 1 aromatic carbocycles. The first kappa shape index (κ1) is 23.0. The number of hydrogen-bond acceptors (Lipinski definition) is 6. The Bertz CT molecular complexity index is 1030. The van der Waals surface area contributed by atoms with Gasteiger partial charge in [0, 0.05) is 17.9 Å². The van der Waals surface area contributed by atoms with Gasteiger partial charge in [0.05, 0.1) is 12.3 Å². The molecule has 1 aliphatic carbocycles. The van der Waals surface area contributed by atoms with E-state index in [0.29, 0.717) is 17.3 Å². The summed E-state index contributed by atoms with van der Waals surface area (Å²) < 4.78 is 33.8. The van der Waals surface area contributed by atoms with Gasteiger partial charge in [-0.2, -0.15) is 5.10 Å². The Morgan fingerprint density at radius 2 is 1.94 bits per heavy atom. The minimum Gasteiger partial charge on any atom is -0.461 e. The topological polar surface area (TPSA) is 119 Å². The van der Waals surface area contributed by atoms with Crippen LogP contribution in [-0.4, -0.2) is 48.5 Å². The molecule has 0 bridgehead atoms. The van der Waals surface area contributed by atoms with Crippen LogP contribution in [0.4, 0.5) is 5.69 Å². The SMILES string of the molecule is CCOC(=O)c1ccn(-c2cccc(NC(=O)CS(=O)(=O)NC3CCC(C)CC3)c2)n1. The number of rotatable bonds is 8. The van der Waals surface area contributed by atoms with Crippen molar-refractivity contribution in [3.63, 3.8) is 0 Å². The lowest BCUT2D eigenvalue weighted by atomic mass is 9.88. The van der Waals surface area contributed by atoms with E-state index in [0.717, 1.165) is 25.7 Å². The molecule has 1 aromatic heterocycles. The van der Waals surface area contributed by atoms with Crippen LogP contribution in [0.15, 0.2) is 36.5 Å². The minimum atomic E-state index is -3.72. The predicted molar refractivity (Wildman–Crippen MR) is 116 cm³/mol. The first-order chi connectivity index (χ1) is 14.8. The third-order valence-electron chi connectivity index (χ3n) is 5.15. The fourth-order valence-electron chi connectivity index (χ4n) is 3.55. The summed E-state index contributed by atoms with van der Waals surface area (Å²) in [6.45, 7) is 4.13. The van der Waals surface area contributed by atoms with Gasteiger partial charge in [0.25, 0.3) is 0 Å². The molecule has 1 saturated carbocycles. The summed E-state index contributed by atoms with van der Waals surface area (Å²) in [6, 6.07) is 8.17. The Morgan fingerprint density at radius 1 is 1.19 bits per heavy atom. The van der Waals surface area contributed by atoms with Gasteiger partial charge in [-0.15, -0.1) is 0 Å². The van der Waals surface area contributed by atoms with Gasteiger partial charge in [0.15, 0.2) is 5.69 Å². The summed E-state index contributed by atoms with van der Waals surface area (Å²) >= 11 is 0. The van der Waals surface area contributed by atoms with Crippen LogP contribution in [0.2, 0.25) is 0 Å². The van der Waals surface area contributed by atoms with Gasteiger partial charge in [0.1, 0.15) is 5.75 Å². The highest BCUT2D eigenvalue weighted by molar-refractivity contribution is 7.90. The molecule has 0 aliphatic heterocycles. The average Bonchev–Trinajstić information content (AvgIpc) is 3.20. The number of aromatic nitrogens is 2. The van der Waals surface area contributed by atoms with E-state index >= 15 is 0 Å². The Hall–Kier alpha value is -2.72. The maximum atomic E-state index is 12.4. The van der Waals surface area contributed by atoms with E-state index in [1.165, 1.54) is 10.7 Å². The zero-order valence-corrected chi connectivity index (χ0v) is 18.5. The maximum Gasteiger partial charge on any atom is 0.358 e. The highest BCUT2D eigenvalue weighted by Gasteiger charge is 2.24. The zero-order chi connectivity index (χ0) is 22.4. The number of carbonyl (C=O) groups is 2. The van der Waals surface area contributed by atoms with Crippen LogP contribution in [0.25, 0.3) is 5.69 Å². The van der Waals surface area contributed by atoms with Gasteiger partial charge in [-0.3, -0.25) is 4.79 Å². The molecule has 0 radical (unpaired) electrons. The molecular formula is C21H28N4O5S. The normalized spacial score (nSPS) is 19.0. The molecule has 3 rings (SSSR count). The van der Waals surface area contributed by atoms with E-state index in [2.05, 4.69) is 22.1 Å². The number of nitrogens with one attached hydrogen (secondary N) is 2. The Morgan fingerprint density at radius 3 is 2.65 bits per heavy atom. The zero-order valence-electron chi connectivity index (χ0n) is 17.7. The highest BCUT2D eigenvalue weighted by atomic mass is 32.2. The summed E-state index contributed by atoms with van der Waals surface area (Å²) in [5.74, 6) is -1.17. The number of ether oxygens (including phenoxy) is 1. The van der Waals surface area contributed by atoms with Crippen molar-refractivity contribution in [1.29, 1.82) is 0 Å². The fourth-order valence-corrected chi connectivity index (χ4v) is 4.80. The molecule has 0 unspecified atom stereocenters. The Labute approximate surface area is 182 Å². The van der Waals surface area contributed by atoms with Gasteiger partial charge in [-0.25, -0.2) is 22.6 Å². The first-order valence-corrected chi connectivity index (χ1v) is 12.0. The number of benzene rings is 1. The van der Waals surface area contributed by atoms with Crippen molar-refractivity contribution in [2.45, 2.75) is 45.6 Å². The molecule has 9 nitrogen and oxygen atoms in total. The lowest BCUT2D eigenvalue weighted by molar-refractivity contribution is -0.113. The van der Waals surface area contributed by atoms with Crippen LogP contribution < -0.4 is 10.0 Å². The van der Waals surface area contributed by atoms with Crippen molar-refractivity contribution in [3.8, 4) is 5.69 Å². The minimum absolute atomic E-state index is 0.106. The van der Waals surface area contributed by atoms with Crippen molar-refractivity contribution in [1.82, 2.24) is 14.5 Å². The van der Waals surface area contributed by atoms with Crippen LogP contribution in [0.5, 0.6) is 0 Å². The van der Waals surface area contributed by atoms with Crippen LogP contribution in [0.1, 0.15) is 50.0 Å². The molecule has 1 amide bonds. The standard InChI is InChI=1S/C21H28N4O5S/c1-3-30-21(27)19-11-12-25(23-19)18-6-4-5-17(13-18)22-20(26)14-31(28,29)24-16-9-7-15(2)8-10-16/h4-6,11-13,15-16,24H,3,7-10,14H2,1-2H3,(H,22,26). The molecule has 2 N–H and O–H groups in total. The number of amides is 1. The quantitative estimate of drug-likeness (QED) is 0.599. The fraction of sp³-hybridized carbons (Fsp3) is 0.476. The summed E-state index contributed by atoms with van der Waals surface area (Å²) in [5.41, 5.74) is 1.20. The molecule has 10 heteroatoms. The molecule has 1 heterocycles. The first-order valence-electron chi connectivity index (χ1n) is 10.4. The molecule has 0 saturated heterocycles.